The number of hydrogen-bond donors (Lipinski definition) is 0. The molecule has 0 heteroatoms. The van der Waals surface area contributed by atoms with E-state index in [0.29, 0.717) is 0 Å². The van der Waals surface area contributed by atoms with Gasteiger partial charge < -0.3 is 0 Å². The van der Waals surface area contributed by atoms with Crippen LogP contribution in [-0.4, -0.2) is 0 Å². The summed E-state index contributed by atoms with van der Waals surface area (Å²) in [6.45, 7) is 13.7. The first kappa shape index (κ1) is 12.8. The van der Waals surface area contributed by atoms with Gasteiger partial charge in [0.1, 0.15) is 0 Å². The van der Waals surface area contributed by atoms with E-state index < -0.39 is 0 Å². The molecule has 0 spiro atoms. The van der Waals surface area contributed by atoms with E-state index >= 15 is 0 Å². The van der Waals surface area contributed by atoms with Gasteiger partial charge in [-0.2, -0.15) is 0 Å². The zero-order valence-corrected chi connectivity index (χ0v) is 11.1. The van der Waals surface area contributed by atoms with Crippen molar-refractivity contribution >= 4 is 0 Å². The van der Waals surface area contributed by atoms with Crippen molar-refractivity contribution in [2.75, 3.05) is 0 Å². The lowest BCUT2D eigenvalue weighted by Crippen LogP contribution is -2.10. The minimum absolute atomic E-state index is 0.779. The summed E-state index contributed by atoms with van der Waals surface area (Å²) in [4.78, 5) is 0. The van der Waals surface area contributed by atoms with E-state index in [9.17, 15) is 0 Å². The summed E-state index contributed by atoms with van der Waals surface area (Å²) in [5.74, 6) is 3.44. The van der Waals surface area contributed by atoms with Gasteiger partial charge in [0.25, 0.3) is 0 Å². The molecule has 0 radical (unpaired) electrons. The molecule has 0 heterocycles. The molecule has 1 saturated carbocycles. The molecular weight excluding hydrogens is 180 g/mol. The van der Waals surface area contributed by atoms with Gasteiger partial charge in [0.05, 0.1) is 0 Å². The van der Waals surface area contributed by atoms with E-state index in [1.54, 1.807) is 5.57 Å². The fourth-order valence-corrected chi connectivity index (χ4v) is 3.11. The highest BCUT2D eigenvalue weighted by Crippen LogP contribution is 2.41. The Bertz CT molecular complexity index is 198. The predicted octanol–water partition coefficient (Wildman–Crippen LogP) is 5.05. The van der Waals surface area contributed by atoms with Crippen LogP contribution >= 0.6 is 0 Å². The predicted molar refractivity (Wildman–Crippen MR) is 68.9 cm³/mol. The Balaban J connectivity index is 2.49. The van der Waals surface area contributed by atoms with Crippen LogP contribution in [0.5, 0.6) is 0 Å². The molecule has 0 amide bonds. The van der Waals surface area contributed by atoms with Crippen LogP contribution < -0.4 is 0 Å². The first-order valence-corrected chi connectivity index (χ1v) is 6.78. The molecule has 2 atom stereocenters. The maximum atomic E-state index is 4.37. The van der Waals surface area contributed by atoms with Crippen LogP contribution in [0.3, 0.4) is 0 Å². The van der Waals surface area contributed by atoms with Crippen molar-refractivity contribution < 1.29 is 0 Å². The third-order valence-corrected chi connectivity index (χ3v) is 4.45. The summed E-state index contributed by atoms with van der Waals surface area (Å²) in [6, 6.07) is 0. The van der Waals surface area contributed by atoms with E-state index in [2.05, 4.69) is 34.3 Å². The normalized spacial score (nSPS) is 26.5. The Morgan fingerprint density at radius 2 is 1.80 bits per heavy atom. The number of rotatable bonds is 5. The summed E-state index contributed by atoms with van der Waals surface area (Å²) >= 11 is 0. The largest absolute Gasteiger partial charge is 0.0993 e. The number of allylic oxidation sites excluding steroid dienone is 1. The van der Waals surface area contributed by atoms with Crippen LogP contribution in [0.25, 0.3) is 0 Å². The van der Waals surface area contributed by atoms with Crippen LogP contribution in [0.15, 0.2) is 12.2 Å². The molecule has 1 aliphatic rings. The molecule has 1 fully saturated rings. The molecule has 0 N–H and O–H groups in total. The van der Waals surface area contributed by atoms with Crippen LogP contribution in [0.2, 0.25) is 0 Å². The van der Waals surface area contributed by atoms with Crippen molar-refractivity contribution in [1.82, 2.24) is 0 Å². The lowest BCUT2D eigenvalue weighted by atomic mass is 9.83. The van der Waals surface area contributed by atoms with Gasteiger partial charge in [-0.05, 0) is 55.8 Å². The lowest BCUT2D eigenvalue weighted by Gasteiger charge is -2.22. The Kier molecular flexibility index (Phi) is 4.89. The highest BCUT2D eigenvalue weighted by molar-refractivity contribution is 5.08. The molecule has 2 unspecified atom stereocenters. The maximum absolute atomic E-state index is 4.37. The summed E-state index contributed by atoms with van der Waals surface area (Å²) in [6.07, 6.45) is 6.79. The van der Waals surface area contributed by atoms with Crippen molar-refractivity contribution in [3.05, 3.63) is 12.2 Å². The third-order valence-electron chi connectivity index (χ3n) is 4.45. The van der Waals surface area contributed by atoms with Crippen LogP contribution in [0.4, 0.5) is 0 Å². The van der Waals surface area contributed by atoms with E-state index in [1.165, 1.54) is 32.1 Å². The van der Waals surface area contributed by atoms with Crippen LogP contribution in [0.1, 0.15) is 59.8 Å². The van der Waals surface area contributed by atoms with E-state index in [0.717, 1.165) is 23.7 Å². The van der Waals surface area contributed by atoms with E-state index in [1.807, 2.05) is 0 Å². The van der Waals surface area contributed by atoms with Gasteiger partial charge in [0.15, 0.2) is 0 Å². The molecule has 0 saturated heterocycles. The lowest BCUT2D eigenvalue weighted by molar-refractivity contribution is 0.379. The van der Waals surface area contributed by atoms with Crippen LogP contribution in [-0.2, 0) is 0 Å². The monoisotopic (exact) mass is 208 g/mol. The van der Waals surface area contributed by atoms with E-state index in [4.69, 9.17) is 0 Å². The molecule has 88 valence electrons. The van der Waals surface area contributed by atoms with Gasteiger partial charge in [-0.25, -0.2) is 0 Å². The van der Waals surface area contributed by atoms with Gasteiger partial charge >= 0.3 is 0 Å². The molecular formula is C15H28. The molecule has 0 aromatic rings. The molecule has 1 aliphatic carbocycles. The van der Waals surface area contributed by atoms with E-state index in [-0.39, 0.29) is 0 Å². The first-order valence-electron chi connectivity index (χ1n) is 6.78. The van der Waals surface area contributed by atoms with Crippen molar-refractivity contribution in [1.29, 1.82) is 0 Å². The maximum Gasteiger partial charge on any atom is -0.0200 e. The quantitative estimate of drug-likeness (QED) is 0.555. The summed E-state index contributed by atoms with van der Waals surface area (Å²) < 4.78 is 0. The van der Waals surface area contributed by atoms with Crippen molar-refractivity contribution in [2.45, 2.75) is 59.8 Å². The van der Waals surface area contributed by atoms with Crippen molar-refractivity contribution in [3.63, 3.8) is 0 Å². The first-order chi connectivity index (χ1) is 7.10. The topological polar surface area (TPSA) is 0 Å². The van der Waals surface area contributed by atoms with Gasteiger partial charge in [0, 0.05) is 0 Å². The number of hydrogen-bond acceptors (Lipinski definition) is 0. The highest BCUT2D eigenvalue weighted by atomic mass is 14.3. The second kappa shape index (κ2) is 5.72. The molecule has 1 rings (SSSR count). The van der Waals surface area contributed by atoms with Gasteiger partial charge in [-0.3, -0.25) is 0 Å². The molecule has 0 aliphatic heterocycles. The summed E-state index contributed by atoms with van der Waals surface area (Å²) in [7, 11) is 0. The van der Waals surface area contributed by atoms with Gasteiger partial charge in [-0.15, -0.1) is 0 Å². The highest BCUT2D eigenvalue weighted by Gasteiger charge is 2.29. The average Bonchev–Trinajstić information content (AvgIpc) is 2.68. The van der Waals surface area contributed by atoms with Gasteiger partial charge in [-0.1, -0.05) is 39.8 Å². The molecule has 15 heavy (non-hydrogen) atoms. The zero-order chi connectivity index (χ0) is 11.4. The Morgan fingerprint density at radius 3 is 2.20 bits per heavy atom. The van der Waals surface area contributed by atoms with Gasteiger partial charge in [0.2, 0.25) is 0 Å². The molecule has 0 aromatic carbocycles. The summed E-state index contributed by atoms with van der Waals surface area (Å²) in [5, 5.41) is 0. The summed E-state index contributed by atoms with van der Waals surface area (Å²) in [5.41, 5.74) is 1.56. The second-order valence-corrected chi connectivity index (χ2v) is 5.60. The standard InChI is InChI=1S/C15H28/c1-6-13(7-2)12(5)15-9-8-14(10-15)11(3)4/h11,13-15H,5-10H2,1-4H3. The Morgan fingerprint density at radius 1 is 1.20 bits per heavy atom. The minimum atomic E-state index is 0.779. The molecule has 0 bridgehead atoms. The Hall–Kier alpha value is -0.260. The average molecular weight is 208 g/mol. The fraction of sp³-hybridized carbons (Fsp3) is 0.867. The van der Waals surface area contributed by atoms with Crippen molar-refractivity contribution in [3.8, 4) is 0 Å². The SMILES string of the molecule is C=C(C(CC)CC)C1CCC(C(C)C)C1. The smallest absolute Gasteiger partial charge is 0.0200 e. The van der Waals surface area contributed by atoms with Crippen LogP contribution in [0, 0.1) is 23.7 Å². The third kappa shape index (κ3) is 3.09. The van der Waals surface area contributed by atoms with Crippen molar-refractivity contribution in [2.24, 2.45) is 23.7 Å². The molecule has 0 nitrogen and oxygen atoms in total. The Labute approximate surface area is 96.2 Å². The second-order valence-electron chi connectivity index (χ2n) is 5.60. The minimum Gasteiger partial charge on any atom is -0.0993 e. The molecule has 0 aromatic heterocycles. The zero-order valence-electron chi connectivity index (χ0n) is 11.1. The fourth-order valence-electron chi connectivity index (χ4n) is 3.11.